The molecule has 2 atom stereocenters. The van der Waals surface area contributed by atoms with E-state index in [0.29, 0.717) is 0 Å². The van der Waals surface area contributed by atoms with Crippen molar-refractivity contribution >= 4 is 11.9 Å². The molecule has 0 aromatic heterocycles. The fourth-order valence-electron chi connectivity index (χ4n) is 0.973. The molecule has 1 saturated heterocycles. The van der Waals surface area contributed by atoms with Gasteiger partial charge in [0.1, 0.15) is 12.1 Å². The summed E-state index contributed by atoms with van der Waals surface area (Å²) in [5, 5.41) is 27.1. The first-order chi connectivity index (χ1) is 6.99. The molecule has 1 aliphatic rings. The zero-order valence-corrected chi connectivity index (χ0v) is 8.22. The van der Waals surface area contributed by atoms with Gasteiger partial charge in [-0.2, -0.15) is 0 Å². The molecule has 1 unspecified atom stereocenters. The zero-order chi connectivity index (χ0) is 11.8. The van der Waals surface area contributed by atoms with Gasteiger partial charge in [0.25, 0.3) is 0 Å². The fourth-order valence-corrected chi connectivity index (χ4v) is 0.973. The summed E-state index contributed by atoms with van der Waals surface area (Å²) in [5.41, 5.74) is 4.77. The van der Waals surface area contributed by atoms with E-state index < -0.39 is 24.6 Å². The molecule has 1 heterocycles. The second kappa shape index (κ2) is 7.16. The smallest absolute Gasteiger partial charge is 0.322 e. The Hall–Kier alpha value is -1.18. The van der Waals surface area contributed by atoms with Crippen LogP contribution in [0.2, 0.25) is 0 Å². The summed E-state index contributed by atoms with van der Waals surface area (Å²) in [5.74, 6) is -1.90. The number of hydrogen-bond donors (Lipinski definition) is 5. The highest BCUT2D eigenvalue weighted by Gasteiger charge is 2.20. The number of nitrogens with one attached hydrogen (secondary N) is 1. The van der Waals surface area contributed by atoms with E-state index in [1.165, 1.54) is 0 Å². The number of aliphatic hydroxyl groups is 1. The van der Waals surface area contributed by atoms with Gasteiger partial charge in [-0.05, 0) is 19.4 Å². The average Bonchev–Trinajstić information content (AvgIpc) is 2.70. The number of aliphatic hydroxyl groups excluding tert-OH is 1. The molecular weight excluding hydrogens is 204 g/mol. The summed E-state index contributed by atoms with van der Waals surface area (Å²) < 4.78 is 0. The van der Waals surface area contributed by atoms with Gasteiger partial charge in [0.15, 0.2) is 0 Å². The SMILES string of the molecule is NC(CO)C(=O)O.O=C(O)[C@@H]1CCCN1. The molecule has 88 valence electrons. The first-order valence-corrected chi connectivity index (χ1v) is 4.54. The molecule has 7 nitrogen and oxygen atoms in total. The molecule has 1 fully saturated rings. The average molecular weight is 220 g/mol. The van der Waals surface area contributed by atoms with Crippen molar-refractivity contribution < 1.29 is 24.9 Å². The first kappa shape index (κ1) is 13.8. The van der Waals surface area contributed by atoms with E-state index in [2.05, 4.69) is 5.32 Å². The number of aliphatic carboxylic acids is 2. The van der Waals surface area contributed by atoms with E-state index in [1.54, 1.807) is 0 Å². The van der Waals surface area contributed by atoms with Crippen LogP contribution in [-0.2, 0) is 9.59 Å². The van der Waals surface area contributed by atoms with Crippen molar-refractivity contribution in [2.75, 3.05) is 13.2 Å². The van der Waals surface area contributed by atoms with Gasteiger partial charge < -0.3 is 26.4 Å². The van der Waals surface area contributed by atoms with Crippen LogP contribution in [0, 0.1) is 0 Å². The minimum absolute atomic E-state index is 0.269. The molecule has 1 rings (SSSR count). The van der Waals surface area contributed by atoms with Crippen LogP contribution >= 0.6 is 0 Å². The van der Waals surface area contributed by atoms with Gasteiger partial charge in [-0.15, -0.1) is 0 Å². The normalized spacial score (nSPS) is 21.3. The molecule has 0 aliphatic carbocycles. The van der Waals surface area contributed by atoms with Crippen molar-refractivity contribution in [1.29, 1.82) is 0 Å². The lowest BCUT2D eigenvalue weighted by atomic mass is 10.2. The van der Waals surface area contributed by atoms with Gasteiger partial charge in [-0.25, -0.2) is 0 Å². The van der Waals surface area contributed by atoms with Crippen LogP contribution in [0.5, 0.6) is 0 Å². The molecule has 7 heteroatoms. The van der Waals surface area contributed by atoms with Crippen molar-refractivity contribution in [1.82, 2.24) is 5.32 Å². The largest absolute Gasteiger partial charge is 0.480 e. The lowest BCUT2D eigenvalue weighted by molar-refractivity contribution is -0.140. The molecular formula is C8H16N2O5. The molecule has 0 bridgehead atoms. The molecule has 6 N–H and O–H groups in total. The van der Waals surface area contributed by atoms with Gasteiger partial charge in [-0.1, -0.05) is 0 Å². The second-order valence-corrected chi connectivity index (χ2v) is 3.11. The van der Waals surface area contributed by atoms with Gasteiger partial charge in [0.2, 0.25) is 0 Å². The van der Waals surface area contributed by atoms with Crippen molar-refractivity contribution in [3.63, 3.8) is 0 Å². The molecule has 0 aromatic rings. The highest BCUT2D eigenvalue weighted by molar-refractivity contribution is 5.73. The van der Waals surface area contributed by atoms with E-state index in [1.807, 2.05) is 0 Å². The van der Waals surface area contributed by atoms with E-state index in [9.17, 15) is 9.59 Å². The lowest BCUT2D eigenvalue weighted by Crippen LogP contribution is -2.33. The van der Waals surface area contributed by atoms with Crippen LogP contribution < -0.4 is 11.1 Å². The quantitative estimate of drug-likeness (QED) is 0.379. The Morgan fingerprint density at radius 1 is 1.47 bits per heavy atom. The maximum atomic E-state index is 10.1. The second-order valence-electron chi connectivity index (χ2n) is 3.11. The lowest BCUT2D eigenvalue weighted by Gasteiger charge is -1.99. The third-order valence-electron chi connectivity index (χ3n) is 1.87. The molecule has 1 aliphatic heterocycles. The van der Waals surface area contributed by atoms with Crippen LogP contribution in [0.15, 0.2) is 0 Å². The van der Waals surface area contributed by atoms with Gasteiger partial charge in [0, 0.05) is 0 Å². The maximum Gasteiger partial charge on any atom is 0.322 e. The number of carbonyl (C=O) groups is 2. The van der Waals surface area contributed by atoms with Crippen molar-refractivity contribution in [2.45, 2.75) is 24.9 Å². The standard InChI is InChI=1S/C5H9NO2.C3H7NO3/c7-5(8)4-2-1-3-6-4;4-2(1-5)3(6)7/h4,6H,1-3H2,(H,7,8);2,5H,1,4H2,(H,6,7)/t4-;/m0./s1. The topological polar surface area (TPSA) is 133 Å². The molecule has 0 amide bonds. The molecule has 15 heavy (non-hydrogen) atoms. The monoisotopic (exact) mass is 220 g/mol. The van der Waals surface area contributed by atoms with Crippen LogP contribution in [0.1, 0.15) is 12.8 Å². The summed E-state index contributed by atoms with van der Waals surface area (Å²) in [6.07, 6.45) is 1.78. The van der Waals surface area contributed by atoms with Gasteiger partial charge >= 0.3 is 11.9 Å². The van der Waals surface area contributed by atoms with Crippen LogP contribution in [-0.4, -0.2) is 52.5 Å². The van der Waals surface area contributed by atoms with E-state index in [0.717, 1.165) is 19.4 Å². The van der Waals surface area contributed by atoms with Crippen molar-refractivity contribution in [3.8, 4) is 0 Å². The number of hydrogen-bond acceptors (Lipinski definition) is 5. The third kappa shape index (κ3) is 6.00. The number of nitrogens with two attached hydrogens (primary N) is 1. The minimum Gasteiger partial charge on any atom is -0.480 e. The predicted octanol–water partition coefficient (Wildman–Crippen LogP) is -1.79. The Labute approximate surface area is 86.9 Å². The van der Waals surface area contributed by atoms with Crippen LogP contribution in [0.4, 0.5) is 0 Å². The molecule has 0 saturated carbocycles. The highest BCUT2D eigenvalue weighted by Crippen LogP contribution is 2.03. The van der Waals surface area contributed by atoms with Crippen molar-refractivity contribution in [2.24, 2.45) is 5.73 Å². The van der Waals surface area contributed by atoms with E-state index >= 15 is 0 Å². The summed E-state index contributed by atoms with van der Waals surface area (Å²) >= 11 is 0. The summed E-state index contributed by atoms with van der Waals surface area (Å²) in [6, 6.07) is -1.39. The third-order valence-corrected chi connectivity index (χ3v) is 1.87. The molecule has 0 aromatic carbocycles. The summed E-state index contributed by atoms with van der Waals surface area (Å²) in [7, 11) is 0. The Morgan fingerprint density at radius 2 is 2.07 bits per heavy atom. The highest BCUT2D eigenvalue weighted by atomic mass is 16.4. The molecule has 0 radical (unpaired) electrons. The van der Waals surface area contributed by atoms with Crippen molar-refractivity contribution in [3.05, 3.63) is 0 Å². The number of carboxylic acids is 2. The number of rotatable bonds is 3. The Kier molecular flexibility index (Phi) is 6.59. The zero-order valence-electron chi connectivity index (χ0n) is 8.22. The van der Waals surface area contributed by atoms with Crippen LogP contribution in [0.25, 0.3) is 0 Å². The first-order valence-electron chi connectivity index (χ1n) is 4.54. The summed E-state index contributed by atoms with van der Waals surface area (Å²) in [6.45, 7) is 0.353. The Bertz CT molecular complexity index is 215. The Morgan fingerprint density at radius 3 is 2.20 bits per heavy atom. The summed E-state index contributed by atoms with van der Waals surface area (Å²) in [4.78, 5) is 19.8. The Balaban J connectivity index is 0.000000265. The number of carboxylic acid groups (broad SMARTS) is 2. The predicted molar refractivity (Wildman–Crippen MR) is 51.4 cm³/mol. The van der Waals surface area contributed by atoms with Crippen LogP contribution in [0.3, 0.4) is 0 Å². The van der Waals surface area contributed by atoms with E-state index in [4.69, 9.17) is 21.1 Å². The van der Waals surface area contributed by atoms with Gasteiger partial charge in [0.05, 0.1) is 6.61 Å². The van der Waals surface area contributed by atoms with E-state index in [-0.39, 0.29) is 6.04 Å². The fraction of sp³-hybridized carbons (Fsp3) is 0.750. The van der Waals surface area contributed by atoms with Gasteiger partial charge in [-0.3, -0.25) is 9.59 Å². The molecule has 0 spiro atoms. The maximum absolute atomic E-state index is 10.1. The minimum atomic E-state index is -1.18.